The molecule has 0 aromatic heterocycles. The second-order valence-corrected chi connectivity index (χ2v) is 6.63. The van der Waals surface area contributed by atoms with Gasteiger partial charge in [0.25, 0.3) is 0 Å². The van der Waals surface area contributed by atoms with Crippen molar-refractivity contribution in [3.63, 3.8) is 0 Å². The van der Waals surface area contributed by atoms with Crippen LogP contribution in [0.4, 0.5) is 0 Å². The summed E-state index contributed by atoms with van der Waals surface area (Å²) < 4.78 is 0. The van der Waals surface area contributed by atoms with Gasteiger partial charge in [0.15, 0.2) is 0 Å². The van der Waals surface area contributed by atoms with Gasteiger partial charge in [-0.2, -0.15) is 0 Å². The number of benzene rings is 1. The van der Waals surface area contributed by atoms with Gasteiger partial charge in [-0.1, -0.05) is 24.3 Å². The Hall–Kier alpha value is -0.900. The van der Waals surface area contributed by atoms with Crippen molar-refractivity contribution in [3.05, 3.63) is 35.4 Å². The van der Waals surface area contributed by atoms with E-state index in [-0.39, 0.29) is 5.54 Å². The minimum atomic E-state index is 0.226. The van der Waals surface area contributed by atoms with Gasteiger partial charge in [0, 0.05) is 44.8 Å². The molecule has 0 spiro atoms. The number of aryl methyl sites for hydroxylation is 1. The van der Waals surface area contributed by atoms with Gasteiger partial charge in [-0.05, 0) is 38.9 Å². The Labute approximate surface area is 124 Å². The van der Waals surface area contributed by atoms with Crippen LogP contribution >= 0.6 is 0 Å². The van der Waals surface area contributed by atoms with E-state index in [1.165, 1.54) is 37.3 Å². The standard InChI is InChI=1S/C17H29N3/c1-15-7-5-6-8-16(15)13-18-14-17(2,3)20-11-9-19(4)10-12-20/h5-8,18H,9-14H2,1-4H3. The van der Waals surface area contributed by atoms with E-state index in [0.29, 0.717) is 0 Å². The zero-order valence-corrected chi connectivity index (χ0v) is 13.4. The minimum absolute atomic E-state index is 0.226. The van der Waals surface area contributed by atoms with Gasteiger partial charge in [0.05, 0.1) is 0 Å². The average Bonchev–Trinajstić information content (AvgIpc) is 2.41. The minimum Gasteiger partial charge on any atom is -0.311 e. The summed E-state index contributed by atoms with van der Waals surface area (Å²) in [4.78, 5) is 5.02. The molecule has 3 heteroatoms. The van der Waals surface area contributed by atoms with Crippen molar-refractivity contribution in [3.8, 4) is 0 Å². The molecule has 0 aliphatic carbocycles. The number of hydrogen-bond donors (Lipinski definition) is 1. The highest BCUT2D eigenvalue weighted by Crippen LogP contribution is 2.16. The van der Waals surface area contributed by atoms with Crippen LogP contribution in [0.3, 0.4) is 0 Å². The molecule has 0 amide bonds. The van der Waals surface area contributed by atoms with Crippen LogP contribution in [-0.2, 0) is 6.54 Å². The molecule has 0 radical (unpaired) electrons. The van der Waals surface area contributed by atoms with Crippen LogP contribution in [0.5, 0.6) is 0 Å². The molecule has 1 saturated heterocycles. The Kier molecular flexibility index (Phi) is 5.19. The van der Waals surface area contributed by atoms with E-state index < -0.39 is 0 Å². The van der Waals surface area contributed by atoms with Crippen LogP contribution in [0.1, 0.15) is 25.0 Å². The third-order valence-corrected chi connectivity index (χ3v) is 4.49. The van der Waals surface area contributed by atoms with Gasteiger partial charge < -0.3 is 10.2 Å². The molecule has 1 fully saturated rings. The smallest absolute Gasteiger partial charge is 0.0278 e. The Morgan fingerprint density at radius 2 is 1.75 bits per heavy atom. The van der Waals surface area contributed by atoms with Crippen LogP contribution in [0, 0.1) is 6.92 Å². The second kappa shape index (κ2) is 6.70. The highest BCUT2D eigenvalue weighted by molar-refractivity contribution is 5.25. The summed E-state index contributed by atoms with van der Waals surface area (Å²) in [5, 5.41) is 3.64. The van der Waals surface area contributed by atoms with Crippen LogP contribution in [0.15, 0.2) is 24.3 Å². The molecule has 1 aromatic carbocycles. The van der Waals surface area contributed by atoms with Crippen molar-refractivity contribution in [2.45, 2.75) is 32.9 Å². The van der Waals surface area contributed by atoms with Gasteiger partial charge in [-0.15, -0.1) is 0 Å². The van der Waals surface area contributed by atoms with E-state index in [9.17, 15) is 0 Å². The Bertz CT molecular complexity index is 420. The topological polar surface area (TPSA) is 18.5 Å². The fourth-order valence-electron chi connectivity index (χ4n) is 2.84. The fraction of sp³-hybridized carbons (Fsp3) is 0.647. The van der Waals surface area contributed by atoms with Gasteiger partial charge >= 0.3 is 0 Å². The zero-order valence-electron chi connectivity index (χ0n) is 13.4. The maximum Gasteiger partial charge on any atom is 0.0278 e. The summed E-state index contributed by atoms with van der Waals surface area (Å²) in [6, 6.07) is 8.62. The molecule has 1 aliphatic rings. The fourth-order valence-corrected chi connectivity index (χ4v) is 2.84. The first-order valence-corrected chi connectivity index (χ1v) is 7.68. The van der Waals surface area contributed by atoms with Gasteiger partial charge in [0.2, 0.25) is 0 Å². The number of hydrogen-bond acceptors (Lipinski definition) is 3. The molecule has 1 N–H and O–H groups in total. The van der Waals surface area contributed by atoms with E-state index >= 15 is 0 Å². The summed E-state index contributed by atoms with van der Waals surface area (Å²) in [6.45, 7) is 13.6. The summed E-state index contributed by atoms with van der Waals surface area (Å²) >= 11 is 0. The van der Waals surface area contributed by atoms with Gasteiger partial charge in [0.1, 0.15) is 0 Å². The molecule has 112 valence electrons. The Morgan fingerprint density at radius 1 is 1.10 bits per heavy atom. The largest absolute Gasteiger partial charge is 0.311 e. The van der Waals surface area contributed by atoms with E-state index in [1.807, 2.05) is 0 Å². The summed E-state index contributed by atoms with van der Waals surface area (Å²) in [5.41, 5.74) is 3.00. The predicted octanol–water partition coefficient (Wildman–Crippen LogP) is 2.11. The molecule has 20 heavy (non-hydrogen) atoms. The molecule has 0 unspecified atom stereocenters. The number of nitrogens with zero attached hydrogens (tertiary/aromatic N) is 2. The molecule has 1 aromatic rings. The molecular weight excluding hydrogens is 246 g/mol. The lowest BCUT2D eigenvalue weighted by Crippen LogP contribution is -2.57. The quantitative estimate of drug-likeness (QED) is 0.888. The number of piperazine rings is 1. The lowest BCUT2D eigenvalue weighted by molar-refractivity contribution is 0.0618. The molecule has 1 heterocycles. The summed E-state index contributed by atoms with van der Waals surface area (Å²) in [5.74, 6) is 0. The van der Waals surface area contributed by atoms with Crippen LogP contribution in [0.2, 0.25) is 0 Å². The van der Waals surface area contributed by atoms with Gasteiger partial charge in [-0.3, -0.25) is 4.90 Å². The lowest BCUT2D eigenvalue weighted by atomic mass is 10.0. The second-order valence-electron chi connectivity index (χ2n) is 6.63. The van der Waals surface area contributed by atoms with Crippen molar-refractivity contribution in [2.75, 3.05) is 39.8 Å². The number of nitrogens with one attached hydrogen (secondary N) is 1. The maximum absolute atomic E-state index is 3.64. The molecule has 2 rings (SSSR count). The molecular formula is C17H29N3. The van der Waals surface area contributed by atoms with Crippen molar-refractivity contribution < 1.29 is 0 Å². The Balaban J connectivity index is 1.82. The molecule has 3 nitrogen and oxygen atoms in total. The first kappa shape index (κ1) is 15.5. The van der Waals surface area contributed by atoms with Crippen LogP contribution < -0.4 is 5.32 Å². The monoisotopic (exact) mass is 275 g/mol. The zero-order chi connectivity index (χ0) is 14.6. The third kappa shape index (κ3) is 4.05. The first-order valence-electron chi connectivity index (χ1n) is 7.68. The highest BCUT2D eigenvalue weighted by Gasteiger charge is 2.28. The van der Waals surface area contributed by atoms with E-state index in [0.717, 1.165) is 13.1 Å². The van der Waals surface area contributed by atoms with Crippen molar-refractivity contribution in [1.29, 1.82) is 0 Å². The van der Waals surface area contributed by atoms with Gasteiger partial charge in [-0.25, -0.2) is 0 Å². The third-order valence-electron chi connectivity index (χ3n) is 4.49. The van der Waals surface area contributed by atoms with Crippen molar-refractivity contribution in [1.82, 2.24) is 15.1 Å². The van der Waals surface area contributed by atoms with Crippen molar-refractivity contribution in [2.24, 2.45) is 0 Å². The maximum atomic E-state index is 3.64. The predicted molar refractivity (Wildman–Crippen MR) is 86.0 cm³/mol. The molecule has 0 saturated carbocycles. The molecule has 0 atom stereocenters. The number of rotatable bonds is 5. The van der Waals surface area contributed by atoms with Crippen molar-refractivity contribution >= 4 is 0 Å². The van der Waals surface area contributed by atoms with E-state index in [4.69, 9.17) is 0 Å². The van der Waals surface area contributed by atoms with E-state index in [2.05, 4.69) is 67.2 Å². The van der Waals surface area contributed by atoms with Crippen LogP contribution in [0.25, 0.3) is 0 Å². The first-order chi connectivity index (χ1) is 9.49. The summed E-state index contributed by atoms with van der Waals surface area (Å²) in [7, 11) is 2.21. The SMILES string of the molecule is Cc1ccccc1CNCC(C)(C)N1CCN(C)CC1. The average molecular weight is 275 g/mol. The van der Waals surface area contributed by atoms with E-state index in [1.54, 1.807) is 0 Å². The normalized spacial score (nSPS) is 18.4. The summed E-state index contributed by atoms with van der Waals surface area (Å²) in [6.07, 6.45) is 0. The lowest BCUT2D eigenvalue weighted by Gasteiger charge is -2.43. The van der Waals surface area contributed by atoms with Crippen LogP contribution in [-0.4, -0.2) is 55.1 Å². The molecule has 1 aliphatic heterocycles. The number of likely N-dealkylation sites (N-methyl/N-ethyl adjacent to an activating group) is 1. The Morgan fingerprint density at radius 3 is 2.40 bits per heavy atom. The highest BCUT2D eigenvalue weighted by atomic mass is 15.3. The molecule has 0 bridgehead atoms.